The van der Waals surface area contributed by atoms with Gasteiger partial charge in [-0.25, -0.2) is 0 Å². The Labute approximate surface area is 127 Å². The first-order valence-corrected chi connectivity index (χ1v) is 7.78. The van der Waals surface area contributed by atoms with Crippen LogP contribution in [-0.2, 0) is 9.53 Å². The number of hydrogen-bond acceptors (Lipinski definition) is 3. The maximum absolute atomic E-state index is 12.5. The number of amides is 1. The van der Waals surface area contributed by atoms with Gasteiger partial charge in [0.1, 0.15) is 6.17 Å². The van der Waals surface area contributed by atoms with Crippen LogP contribution in [0.3, 0.4) is 0 Å². The molecular formula is C17H26N2O2. The largest absolute Gasteiger partial charge is 0.377 e. The normalized spacial score (nSPS) is 22.3. The first kappa shape index (κ1) is 16.0. The van der Waals surface area contributed by atoms with E-state index in [1.807, 2.05) is 37.8 Å². The van der Waals surface area contributed by atoms with Crippen LogP contribution in [0, 0.1) is 6.92 Å². The molecule has 4 nitrogen and oxygen atoms in total. The molecule has 0 bridgehead atoms. The fraction of sp³-hybridized carbons (Fsp3) is 0.588. The fourth-order valence-corrected chi connectivity index (χ4v) is 2.75. The molecule has 1 fully saturated rings. The summed E-state index contributed by atoms with van der Waals surface area (Å²) in [6.07, 6.45) is 0.955. The van der Waals surface area contributed by atoms with Gasteiger partial charge in [-0.2, -0.15) is 0 Å². The van der Waals surface area contributed by atoms with Crippen LogP contribution in [0.1, 0.15) is 44.5 Å². The second kappa shape index (κ2) is 7.05. The molecule has 0 radical (unpaired) electrons. The Morgan fingerprint density at radius 1 is 1.33 bits per heavy atom. The van der Waals surface area contributed by atoms with Crippen molar-refractivity contribution in [1.82, 2.24) is 10.2 Å². The van der Waals surface area contributed by atoms with Gasteiger partial charge in [-0.05, 0) is 38.3 Å². The molecule has 0 aromatic heterocycles. The Bertz CT molecular complexity index is 487. The molecule has 116 valence electrons. The first-order valence-electron chi connectivity index (χ1n) is 7.78. The molecule has 21 heavy (non-hydrogen) atoms. The summed E-state index contributed by atoms with van der Waals surface area (Å²) in [6, 6.07) is 8.14. The maximum atomic E-state index is 12.5. The first-order chi connectivity index (χ1) is 10.0. The van der Waals surface area contributed by atoms with E-state index in [-0.39, 0.29) is 24.2 Å². The fourth-order valence-electron chi connectivity index (χ4n) is 2.75. The Morgan fingerprint density at radius 2 is 2.05 bits per heavy atom. The third kappa shape index (κ3) is 3.63. The molecule has 1 aromatic carbocycles. The molecule has 1 aliphatic heterocycles. The number of nitrogens with one attached hydrogen (secondary N) is 1. The average Bonchev–Trinajstić information content (AvgIpc) is 2.76. The molecule has 4 heteroatoms. The third-order valence-electron chi connectivity index (χ3n) is 3.93. The van der Waals surface area contributed by atoms with Gasteiger partial charge in [-0.3, -0.25) is 10.1 Å². The summed E-state index contributed by atoms with van der Waals surface area (Å²) in [6.45, 7) is 9.35. The Kier molecular flexibility index (Phi) is 5.37. The van der Waals surface area contributed by atoms with Gasteiger partial charge in [0, 0.05) is 6.54 Å². The number of aryl methyl sites for hydroxylation is 1. The summed E-state index contributed by atoms with van der Waals surface area (Å²) in [5.41, 5.74) is 2.38. The van der Waals surface area contributed by atoms with Crippen LogP contribution in [0.15, 0.2) is 24.3 Å². The highest BCUT2D eigenvalue weighted by Gasteiger charge is 2.38. The summed E-state index contributed by atoms with van der Waals surface area (Å²) in [7, 11) is 0. The lowest BCUT2D eigenvalue weighted by atomic mass is 10.1. The topological polar surface area (TPSA) is 41.6 Å². The van der Waals surface area contributed by atoms with Crippen molar-refractivity contribution >= 4 is 5.91 Å². The zero-order chi connectivity index (χ0) is 15.4. The smallest absolute Gasteiger partial charge is 0.241 e. The van der Waals surface area contributed by atoms with Crippen molar-refractivity contribution in [3.05, 3.63) is 35.4 Å². The van der Waals surface area contributed by atoms with Gasteiger partial charge in [-0.1, -0.05) is 31.2 Å². The highest BCUT2D eigenvalue weighted by Crippen LogP contribution is 2.28. The standard InChI is InChI=1S/C17H26N2O2/c1-5-15-17(20)19(10-11-21-12(2)3)16(18-15)14-9-7-6-8-13(14)4/h6-9,12,15-16,18H,5,10-11H2,1-4H3. The van der Waals surface area contributed by atoms with Gasteiger partial charge in [0.15, 0.2) is 0 Å². The van der Waals surface area contributed by atoms with Gasteiger partial charge in [-0.15, -0.1) is 0 Å². The van der Waals surface area contributed by atoms with Crippen LogP contribution in [0.5, 0.6) is 0 Å². The number of carbonyl (C=O) groups excluding carboxylic acids is 1. The average molecular weight is 290 g/mol. The Balaban J connectivity index is 2.16. The monoisotopic (exact) mass is 290 g/mol. The van der Waals surface area contributed by atoms with E-state index in [0.717, 1.165) is 6.42 Å². The second-order valence-electron chi connectivity index (χ2n) is 5.84. The molecule has 1 aliphatic rings. The minimum absolute atomic E-state index is 0.0422. The molecule has 2 atom stereocenters. The van der Waals surface area contributed by atoms with Crippen molar-refractivity contribution in [2.75, 3.05) is 13.2 Å². The van der Waals surface area contributed by atoms with Crippen LogP contribution in [0.2, 0.25) is 0 Å². The molecule has 1 N–H and O–H groups in total. The molecule has 1 amide bonds. The molecule has 2 rings (SSSR count). The summed E-state index contributed by atoms with van der Waals surface area (Å²) in [5, 5.41) is 3.46. The van der Waals surface area contributed by atoms with Gasteiger partial charge in [0.2, 0.25) is 5.91 Å². The molecule has 0 saturated carbocycles. The zero-order valence-corrected chi connectivity index (χ0v) is 13.4. The number of nitrogens with zero attached hydrogens (tertiary/aromatic N) is 1. The van der Waals surface area contributed by atoms with Crippen molar-refractivity contribution in [3.8, 4) is 0 Å². The van der Waals surface area contributed by atoms with E-state index in [0.29, 0.717) is 13.2 Å². The number of ether oxygens (including phenoxy) is 1. The van der Waals surface area contributed by atoms with E-state index in [1.165, 1.54) is 11.1 Å². The molecule has 2 unspecified atom stereocenters. The molecular weight excluding hydrogens is 264 g/mol. The third-order valence-corrected chi connectivity index (χ3v) is 3.93. The van der Waals surface area contributed by atoms with E-state index in [1.54, 1.807) is 0 Å². The van der Waals surface area contributed by atoms with E-state index in [4.69, 9.17) is 4.74 Å². The number of hydrogen-bond donors (Lipinski definition) is 1. The van der Waals surface area contributed by atoms with Crippen molar-refractivity contribution in [2.24, 2.45) is 0 Å². The van der Waals surface area contributed by atoms with Crippen LogP contribution in [0.4, 0.5) is 0 Å². The number of benzene rings is 1. The Hall–Kier alpha value is -1.39. The van der Waals surface area contributed by atoms with Gasteiger partial charge in [0.25, 0.3) is 0 Å². The maximum Gasteiger partial charge on any atom is 0.241 e. The summed E-state index contributed by atoms with van der Waals surface area (Å²) in [5.74, 6) is 0.179. The predicted octanol–water partition coefficient (Wildman–Crippen LogP) is 2.63. The zero-order valence-electron chi connectivity index (χ0n) is 13.4. The summed E-state index contributed by atoms with van der Waals surface area (Å²) < 4.78 is 5.61. The summed E-state index contributed by atoms with van der Waals surface area (Å²) in [4.78, 5) is 14.4. The van der Waals surface area contributed by atoms with Crippen LogP contribution < -0.4 is 5.32 Å². The van der Waals surface area contributed by atoms with Crippen molar-refractivity contribution in [2.45, 2.75) is 52.4 Å². The predicted molar refractivity (Wildman–Crippen MR) is 83.9 cm³/mol. The van der Waals surface area contributed by atoms with E-state index in [2.05, 4.69) is 24.4 Å². The number of carbonyl (C=O) groups is 1. The molecule has 1 heterocycles. The SMILES string of the molecule is CCC1NC(c2ccccc2C)N(CCOC(C)C)C1=O. The van der Waals surface area contributed by atoms with Crippen LogP contribution >= 0.6 is 0 Å². The molecule has 0 spiro atoms. The molecule has 1 aromatic rings. The van der Waals surface area contributed by atoms with Crippen molar-refractivity contribution in [1.29, 1.82) is 0 Å². The lowest BCUT2D eigenvalue weighted by Crippen LogP contribution is -2.34. The van der Waals surface area contributed by atoms with E-state index >= 15 is 0 Å². The number of rotatable bonds is 6. The minimum atomic E-state index is -0.0892. The second-order valence-corrected chi connectivity index (χ2v) is 5.84. The highest BCUT2D eigenvalue weighted by molar-refractivity contribution is 5.84. The highest BCUT2D eigenvalue weighted by atomic mass is 16.5. The van der Waals surface area contributed by atoms with Crippen LogP contribution in [-0.4, -0.2) is 36.1 Å². The van der Waals surface area contributed by atoms with Gasteiger partial charge >= 0.3 is 0 Å². The summed E-state index contributed by atoms with van der Waals surface area (Å²) >= 11 is 0. The quantitative estimate of drug-likeness (QED) is 0.875. The van der Waals surface area contributed by atoms with E-state index < -0.39 is 0 Å². The minimum Gasteiger partial charge on any atom is -0.377 e. The lowest BCUT2D eigenvalue weighted by molar-refractivity contribution is -0.131. The lowest BCUT2D eigenvalue weighted by Gasteiger charge is -2.26. The van der Waals surface area contributed by atoms with Crippen molar-refractivity contribution in [3.63, 3.8) is 0 Å². The van der Waals surface area contributed by atoms with E-state index in [9.17, 15) is 4.79 Å². The van der Waals surface area contributed by atoms with Gasteiger partial charge < -0.3 is 9.64 Å². The molecule has 1 saturated heterocycles. The van der Waals surface area contributed by atoms with Gasteiger partial charge in [0.05, 0.1) is 18.8 Å². The van der Waals surface area contributed by atoms with Crippen LogP contribution in [0.25, 0.3) is 0 Å². The molecule has 0 aliphatic carbocycles. The van der Waals surface area contributed by atoms with Crippen molar-refractivity contribution < 1.29 is 9.53 Å². The Morgan fingerprint density at radius 3 is 2.67 bits per heavy atom.